The molecule has 1 amide bonds. The van der Waals surface area contributed by atoms with Crippen LogP contribution in [0.2, 0.25) is 0 Å². The van der Waals surface area contributed by atoms with Gasteiger partial charge in [-0.3, -0.25) is 9.89 Å². The van der Waals surface area contributed by atoms with Crippen molar-refractivity contribution in [3.63, 3.8) is 0 Å². The summed E-state index contributed by atoms with van der Waals surface area (Å²) < 4.78 is 1.82. The largest absolute Gasteiger partial charge is 0.351 e. The minimum absolute atomic E-state index is 0.167. The fourth-order valence-corrected chi connectivity index (χ4v) is 3.43. The van der Waals surface area contributed by atoms with Crippen LogP contribution in [0.15, 0.2) is 6.20 Å². The Morgan fingerprint density at radius 3 is 2.80 bits per heavy atom. The Bertz CT molecular complexity index is 693. The highest BCUT2D eigenvalue weighted by Crippen LogP contribution is 2.26. The average molecular weight is 345 g/mol. The van der Waals surface area contributed by atoms with E-state index in [4.69, 9.17) is 5.73 Å². The molecule has 0 aliphatic heterocycles. The van der Waals surface area contributed by atoms with E-state index in [1.54, 1.807) is 6.20 Å². The van der Waals surface area contributed by atoms with Crippen LogP contribution in [0, 0.1) is 13.8 Å². The molecule has 4 N–H and O–H groups in total. The summed E-state index contributed by atoms with van der Waals surface area (Å²) in [5.74, 6) is -0.167. The number of aromatic amines is 1. The van der Waals surface area contributed by atoms with Crippen LogP contribution in [0.5, 0.6) is 0 Å². The highest BCUT2D eigenvalue weighted by Gasteiger charge is 2.22. The molecule has 2 heterocycles. The Hall–Kier alpha value is -2.22. The maximum Gasteiger partial charge on any atom is 0.273 e. The molecular formula is C17H27N7O. The van der Waals surface area contributed by atoms with E-state index in [1.807, 2.05) is 18.5 Å². The zero-order chi connectivity index (χ0) is 17.8. The molecule has 3 rings (SSSR count). The summed E-state index contributed by atoms with van der Waals surface area (Å²) in [4.78, 5) is 12.2. The molecule has 0 saturated heterocycles. The summed E-state index contributed by atoms with van der Waals surface area (Å²) in [6.07, 6.45) is 7.49. The van der Waals surface area contributed by atoms with Crippen LogP contribution >= 0.6 is 0 Å². The minimum atomic E-state index is -0.167. The van der Waals surface area contributed by atoms with Crippen molar-refractivity contribution < 1.29 is 4.79 Å². The van der Waals surface area contributed by atoms with Gasteiger partial charge in [-0.25, -0.2) is 4.68 Å². The van der Waals surface area contributed by atoms with Gasteiger partial charge in [-0.15, -0.1) is 5.10 Å². The molecule has 2 aromatic rings. The third-order valence-corrected chi connectivity index (χ3v) is 5.03. The summed E-state index contributed by atoms with van der Waals surface area (Å²) in [6, 6.07) is 0.603. The number of H-pyrrole nitrogens is 1. The van der Waals surface area contributed by atoms with Crippen molar-refractivity contribution in [1.29, 1.82) is 0 Å². The molecule has 1 aliphatic carbocycles. The van der Waals surface area contributed by atoms with Gasteiger partial charge in [-0.1, -0.05) is 5.21 Å². The lowest BCUT2D eigenvalue weighted by molar-refractivity contribution is 0.0948. The molecule has 8 heteroatoms. The fraction of sp³-hybridized carbons (Fsp3) is 0.647. The SMILES string of the molecule is Cc1n[nH]c(C)c1CCCNC(=O)c1cn(C2CCC(N)CC2)nn1. The number of rotatable bonds is 6. The van der Waals surface area contributed by atoms with E-state index in [0.717, 1.165) is 49.9 Å². The third-order valence-electron chi connectivity index (χ3n) is 5.03. The maximum absolute atomic E-state index is 12.2. The number of aromatic nitrogens is 5. The predicted octanol–water partition coefficient (Wildman–Crippen LogP) is 1.42. The van der Waals surface area contributed by atoms with Gasteiger partial charge in [0.2, 0.25) is 0 Å². The van der Waals surface area contributed by atoms with Gasteiger partial charge in [0.05, 0.1) is 17.9 Å². The molecule has 8 nitrogen and oxygen atoms in total. The summed E-state index contributed by atoms with van der Waals surface area (Å²) in [5.41, 5.74) is 9.67. The molecule has 1 fully saturated rings. The van der Waals surface area contributed by atoms with Crippen molar-refractivity contribution in [2.45, 2.75) is 64.5 Å². The van der Waals surface area contributed by atoms with Crippen LogP contribution in [0.25, 0.3) is 0 Å². The number of nitrogens with zero attached hydrogens (tertiary/aromatic N) is 4. The van der Waals surface area contributed by atoms with Gasteiger partial charge in [0.1, 0.15) is 0 Å². The molecule has 0 spiro atoms. The van der Waals surface area contributed by atoms with Crippen molar-refractivity contribution in [1.82, 2.24) is 30.5 Å². The normalized spacial score (nSPS) is 20.6. The number of carbonyl (C=O) groups excluding carboxylic acids is 1. The first-order chi connectivity index (χ1) is 12.0. The van der Waals surface area contributed by atoms with E-state index in [9.17, 15) is 4.79 Å². The molecule has 0 aromatic carbocycles. The van der Waals surface area contributed by atoms with Gasteiger partial charge in [0, 0.05) is 18.3 Å². The monoisotopic (exact) mass is 345 g/mol. The van der Waals surface area contributed by atoms with Gasteiger partial charge in [-0.2, -0.15) is 5.10 Å². The first-order valence-corrected chi connectivity index (χ1v) is 9.00. The van der Waals surface area contributed by atoms with Crippen LogP contribution in [-0.2, 0) is 6.42 Å². The molecule has 25 heavy (non-hydrogen) atoms. The van der Waals surface area contributed by atoms with E-state index in [0.29, 0.717) is 24.3 Å². The molecule has 2 aromatic heterocycles. The van der Waals surface area contributed by atoms with Crippen LogP contribution in [0.1, 0.15) is 65.6 Å². The summed E-state index contributed by atoms with van der Waals surface area (Å²) in [5, 5.41) is 18.2. The highest BCUT2D eigenvalue weighted by atomic mass is 16.2. The van der Waals surface area contributed by atoms with Gasteiger partial charge in [0.25, 0.3) is 5.91 Å². The number of nitrogens with one attached hydrogen (secondary N) is 2. The molecular weight excluding hydrogens is 318 g/mol. The van der Waals surface area contributed by atoms with Crippen molar-refractivity contribution in [2.24, 2.45) is 5.73 Å². The number of carbonyl (C=O) groups is 1. The van der Waals surface area contributed by atoms with Gasteiger partial charge in [0.15, 0.2) is 5.69 Å². The average Bonchev–Trinajstić information content (AvgIpc) is 3.21. The summed E-state index contributed by atoms with van der Waals surface area (Å²) >= 11 is 0. The topological polar surface area (TPSA) is 115 Å². The van der Waals surface area contributed by atoms with Gasteiger partial charge in [-0.05, 0) is 57.9 Å². The lowest BCUT2D eigenvalue weighted by atomic mass is 9.92. The van der Waals surface area contributed by atoms with Crippen molar-refractivity contribution in [2.75, 3.05) is 6.54 Å². The molecule has 0 bridgehead atoms. The number of hydrogen-bond acceptors (Lipinski definition) is 5. The second kappa shape index (κ2) is 7.77. The lowest BCUT2D eigenvalue weighted by Crippen LogP contribution is -2.28. The zero-order valence-corrected chi connectivity index (χ0v) is 15.0. The smallest absolute Gasteiger partial charge is 0.273 e. The Balaban J connectivity index is 1.46. The molecule has 1 aliphatic rings. The Morgan fingerprint density at radius 2 is 2.12 bits per heavy atom. The maximum atomic E-state index is 12.2. The van der Waals surface area contributed by atoms with Crippen molar-refractivity contribution in [3.05, 3.63) is 28.8 Å². The third kappa shape index (κ3) is 4.25. The van der Waals surface area contributed by atoms with Crippen LogP contribution < -0.4 is 11.1 Å². The molecule has 0 radical (unpaired) electrons. The Morgan fingerprint density at radius 1 is 1.36 bits per heavy atom. The standard InChI is InChI=1S/C17H27N7O/c1-11-15(12(2)21-20-11)4-3-9-19-17(25)16-10-24(23-22-16)14-7-5-13(18)6-8-14/h10,13-14H,3-9,18H2,1-2H3,(H,19,25)(H,20,21). The van der Waals surface area contributed by atoms with Crippen LogP contribution in [0.3, 0.4) is 0 Å². The Kier molecular flexibility index (Phi) is 5.47. The van der Waals surface area contributed by atoms with E-state index >= 15 is 0 Å². The summed E-state index contributed by atoms with van der Waals surface area (Å²) in [6.45, 7) is 4.62. The van der Waals surface area contributed by atoms with Crippen molar-refractivity contribution in [3.8, 4) is 0 Å². The van der Waals surface area contributed by atoms with Crippen molar-refractivity contribution >= 4 is 5.91 Å². The number of nitrogens with two attached hydrogens (primary N) is 1. The van der Waals surface area contributed by atoms with E-state index in [-0.39, 0.29) is 5.91 Å². The highest BCUT2D eigenvalue weighted by molar-refractivity contribution is 5.91. The lowest BCUT2D eigenvalue weighted by Gasteiger charge is -2.25. The van der Waals surface area contributed by atoms with Crippen LogP contribution in [-0.4, -0.2) is 43.7 Å². The molecule has 136 valence electrons. The second-order valence-corrected chi connectivity index (χ2v) is 6.92. The van der Waals surface area contributed by atoms with Gasteiger partial charge < -0.3 is 11.1 Å². The second-order valence-electron chi connectivity index (χ2n) is 6.92. The zero-order valence-electron chi connectivity index (χ0n) is 15.0. The van der Waals surface area contributed by atoms with E-state index < -0.39 is 0 Å². The minimum Gasteiger partial charge on any atom is -0.351 e. The Labute approximate surface area is 147 Å². The molecule has 0 atom stereocenters. The van der Waals surface area contributed by atoms with Gasteiger partial charge >= 0.3 is 0 Å². The van der Waals surface area contributed by atoms with Crippen LogP contribution in [0.4, 0.5) is 0 Å². The molecule has 1 saturated carbocycles. The number of aryl methyl sites for hydroxylation is 2. The van der Waals surface area contributed by atoms with E-state index in [2.05, 4.69) is 25.8 Å². The number of amides is 1. The number of hydrogen-bond donors (Lipinski definition) is 3. The molecule has 0 unspecified atom stereocenters. The van der Waals surface area contributed by atoms with E-state index in [1.165, 1.54) is 5.56 Å². The summed E-state index contributed by atoms with van der Waals surface area (Å²) in [7, 11) is 0. The fourth-order valence-electron chi connectivity index (χ4n) is 3.43. The first-order valence-electron chi connectivity index (χ1n) is 9.00. The first kappa shape index (κ1) is 17.6. The predicted molar refractivity (Wildman–Crippen MR) is 94.2 cm³/mol. The quantitative estimate of drug-likeness (QED) is 0.685.